The number of amides is 1. The molecule has 0 saturated heterocycles. The molecule has 0 spiro atoms. The lowest BCUT2D eigenvalue weighted by molar-refractivity contribution is -0.116. The highest BCUT2D eigenvalue weighted by Gasteiger charge is 2.14. The van der Waals surface area contributed by atoms with Crippen molar-refractivity contribution in [1.82, 2.24) is 5.32 Å². The molecule has 0 bridgehead atoms. The van der Waals surface area contributed by atoms with Crippen LogP contribution in [0, 0.1) is 13.8 Å². The number of carbonyl (C=O) groups excluding carboxylic acids is 1. The maximum absolute atomic E-state index is 11.6. The fourth-order valence-electron chi connectivity index (χ4n) is 2.07. The van der Waals surface area contributed by atoms with Crippen LogP contribution in [-0.4, -0.2) is 17.6 Å². The lowest BCUT2D eigenvalue weighted by Crippen LogP contribution is -2.23. The highest BCUT2D eigenvalue weighted by Crippen LogP contribution is 2.23. The van der Waals surface area contributed by atoms with Gasteiger partial charge >= 0.3 is 0 Å². The summed E-state index contributed by atoms with van der Waals surface area (Å²) in [6.45, 7) is 4.09. The van der Waals surface area contributed by atoms with Crippen LogP contribution in [0.1, 0.15) is 34.5 Å². The molecule has 2 N–H and O–H groups in total. The summed E-state index contributed by atoms with van der Waals surface area (Å²) in [6, 6.07) is 5.72. The van der Waals surface area contributed by atoms with Gasteiger partial charge in [-0.25, -0.2) is 0 Å². The number of carbonyl (C=O) groups is 1. The number of aryl methyl sites for hydroxylation is 2. The normalized spacial score (nSPS) is 12.7. The van der Waals surface area contributed by atoms with E-state index in [0.29, 0.717) is 13.0 Å². The van der Waals surface area contributed by atoms with Gasteiger partial charge in [0.25, 0.3) is 0 Å². The SMILES string of the molecule is Cc1cc([C@H](O)CCNC(=O)/C=C/c2cccs2)c(C)o1. The number of furan rings is 1. The molecule has 0 aliphatic rings. The molecule has 2 aromatic rings. The molecular weight excluding hydrogens is 286 g/mol. The van der Waals surface area contributed by atoms with Crippen LogP contribution >= 0.6 is 11.3 Å². The summed E-state index contributed by atoms with van der Waals surface area (Å²) in [6.07, 6.45) is 3.12. The van der Waals surface area contributed by atoms with E-state index in [2.05, 4.69) is 5.32 Å². The minimum Gasteiger partial charge on any atom is -0.466 e. The van der Waals surface area contributed by atoms with Gasteiger partial charge in [0.15, 0.2) is 0 Å². The molecule has 1 amide bonds. The summed E-state index contributed by atoms with van der Waals surface area (Å²) in [5, 5.41) is 14.8. The standard InChI is InChI=1S/C16H19NO3S/c1-11-10-14(12(2)20-11)15(18)7-8-17-16(19)6-5-13-4-3-9-21-13/h3-6,9-10,15,18H,7-8H2,1-2H3,(H,17,19)/b6-5+/t15-/m1/s1. The van der Waals surface area contributed by atoms with E-state index in [1.165, 1.54) is 6.08 Å². The Morgan fingerprint density at radius 1 is 1.52 bits per heavy atom. The van der Waals surface area contributed by atoms with Crippen molar-refractivity contribution in [2.75, 3.05) is 6.54 Å². The van der Waals surface area contributed by atoms with E-state index >= 15 is 0 Å². The second-order valence-electron chi connectivity index (χ2n) is 4.81. The number of aliphatic hydroxyl groups is 1. The van der Waals surface area contributed by atoms with Crippen LogP contribution in [0.3, 0.4) is 0 Å². The van der Waals surface area contributed by atoms with Crippen molar-refractivity contribution in [1.29, 1.82) is 0 Å². The van der Waals surface area contributed by atoms with Crippen LogP contribution in [0.5, 0.6) is 0 Å². The molecule has 1 atom stereocenters. The van der Waals surface area contributed by atoms with Gasteiger partial charge in [0.1, 0.15) is 11.5 Å². The van der Waals surface area contributed by atoms with Crippen LogP contribution in [0.4, 0.5) is 0 Å². The number of nitrogens with one attached hydrogen (secondary N) is 1. The third-order valence-electron chi connectivity index (χ3n) is 3.10. The number of aliphatic hydroxyl groups excluding tert-OH is 1. The van der Waals surface area contributed by atoms with E-state index in [-0.39, 0.29) is 5.91 Å². The fraction of sp³-hybridized carbons (Fsp3) is 0.312. The summed E-state index contributed by atoms with van der Waals surface area (Å²) in [5.74, 6) is 1.35. The molecule has 0 unspecified atom stereocenters. The topological polar surface area (TPSA) is 62.5 Å². The van der Waals surface area contributed by atoms with Gasteiger partial charge in [-0.2, -0.15) is 0 Å². The zero-order valence-electron chi connectivity index (χ0n) is 12.1. The second-order valence-corrected chi connectivity index (χ2v) is 5.79. The van der Waals surface area contributed by atoms with Crippen molar-refractivity contribution in [3.8, 4) is 0 Å². The van der Waals surface area contributed by atoms with Gasteiger partial charge in [-0.15, -0.1) is 11.3 Å². The highest BCUT2D eigenvalue weighted by molar-refractivity contribution is 7.10. The van der Waals surface area contributed by atoms with Crippen molar-refractivity contribution in [2.24, 2.45) is 0 Å². The van der Waals surface area contributed by atoms with Crippen LogP contribution in [-0.2, 0) is 4.79 Å². The van der Waals surface area contributed by atoms with E-state index in [9.17, 15) is 9.90 Å². The lowest BCUT2D eigenvalue weighted by Gasteiger charge is -2.09. The predicted octanol–water partition coefficient (Wildman–Crippen LogP) is 3.21. The minimum absolute atomic E-state index is 0.157. The van der Waals surface area contributed by atoms with E-state index in [1.807, 2.05) is 37.4 Å². The maximum Gasteiger partial charge on any atom is 0.244 e. The molecule has 0 fully saturated rings. The Bertz CT molecular complexity index is 614. The number of hydrogen-bond acceptors (Lipinski definition) is 4. The summed E-state index contributed by atoms with van der Waals surface area (Å²) in [7, 11) is 0. The zero-order valence-corrected chi connectivity index (χ0v) is 12.9. The molecule has 2 rings (SSSR count). The molecule has 112 valence electrons. The Labute approximate surface area is 128 Å². The molecule has 0 radical (unpaired) electrons. The molecule has 21 heavy (non-hydrogen) atoms. The first-order valence-corrected chi connectivity index (χ1v) is 7.68. The summed E-state index contributed by atoms with van der Waals surface area (Å²) in [4.78, 5) is 12.7. The number of thiophene rings is 1. The van der Waals surface area contributed by atoms with Crippen molar-refractivity contribution in [2.45, 2.75) is 26.4 Å². The maximum atomic E-state index is 11.6. The molecule has 4 nitrogen and oxygen atoms in total. The molecule has 0 aliphatic heterocycles. The molecule has 0 aliphatic carbocycles. The van der Waals surface area contributed by atoms with Gasteiger partial charge < -0.3 is 14.8 Å². The van der Waals surface area contributed by atoms with Crippen molar-refractivity contribution in [3.05, 3.63) is 51.6 Å². The monoisotopic (exact) mass is 305 g/mol. The average Bonchev–Trinajstić information content (AvgIpc) is 3.05. The van der Waals surface area contributed by atoms with Gasteiger partial charge in [0.2, 0.25) is 5.91 Å². The Morgan fingerprint density at radius 2 is 2.33 bits per heavy atom. The van der Waals surface area contributed by atoms with Gasteiger partial charge in [-0.1, -0.05) is 6.07 Å². The van der Waals surface area contributed by atoms with Gasteiger partial charge in [-0.3, -0.25) is 4.79 Å². The molecule has 0 saturated carbocycles. The van der Waals surface area contributed by atoms with Crippen molar-refractivity contribution >= 4 is 23.3 Å². The first kappa shape index (κ1) is 15.5. The van der Waals surface area contributed by atoms with Crippen LogP contribution in [0.15, 0.2) is 34.1 Å². The van der Waals surface area contributed by atoms with Gasteiger partial charge in [-0.05, 0) is 43.9 Å². The molecule has 5 heteroatoms. The molecule has 0 aromatic carbocycles. The Balaban J connectivity index is 1.76. The second kappa shape index (κ2) is 7.24. The summed E-state index contributed by atoms with van der Waals surface area (Å²) < 4.78 is 5.39. The number of rotatable bonds is 6. The van der Waals surface area contributed by atoms with Gasteiger partial charge in [0.05, 0.1) is 6.10 Å². The zero-order chi connectivity index (χ0) is 15.2. The quantitative estimate of drug-likeness (QED) is 0.806. The Kier molecular flexibility index (Phi) is 5.36. The van der Waals surface area contributed by atoms with Crippen LogP contribution < -0.4 is 5.32 Å². The van der Waals surface area contributed by atoms with Crippen molar-refractivity contribution < 1.29 is 14.3 Å². The van der Waals surface area contributed by atoms with Gasteiger partial charge in [0, 0.05) is 23.1 Å². The molecular formula is C16H19NO3S. The minimum atomic E-state index is -0.621. The predicted molar refractivity (Wildman–Crippen MR) is 84.1 cm³/mol. The summed E-state index contributed by atoms with van der Waals surface area (Å²) in [5.41, 5.74) is 0.788. The first-order chi connectivity index (χ1) is 10.1. The Hall–Kier alpha value is -1.85. The average molecular weight is 305 g/mol. The van der Waals surface area contributed by atoms with E-state index in [1.54, 1.807) is 17.4 Å². The first-order valence-electron chi connectivity index (χ1n) is 6.80. The Morgan fingerprint density at radius 3 is 2.95 bits per heavy atom. The lowest BCUT2D eigenvalue weighted by atomic mass is 10.1. The number of hydrogen-bond donors (Lipinski definition) is 2. The van der Waals surface area contributed by atoms with Crippen molar-refractivity contribution in [3.63, 3.8) is 0 Å². The third-order valence-corrected chi connectivity index (χ3v) is 3.94. The summed E-state index contributed by atoms with van der Waals surface area (Å²) >= 11 is 1.58. The smallest absolute Gasteiger partial charge is 0.244 e. The molecule has 2 heterocycles. The van der Waals surface area contributed by atoms with Crippen LogP contribution in [0.25, 0.3) is 6.08 Å². The van der Waals surface area contributed by atoms with E-state index in [4.69, 9.17) is 4.42 Å². The fourth-order valence-corrected chi connectivity index (χ4v) is 2.69. The molecule has 2 aromatic heterocycles. The van der Waals surface area contributed by atoms with Crippen LogP contribution in [0.2, 0.25) is 0 Å². The highest BCUT2D eigenvalue weighted by atomic mass is 32.1. The van der Waals surface area contributed by atoms with E-state index in [0.717, 1.165) is 22.0 Å². The van der Waals surface area contributed by atoms with E-state index < -0.39 is 6.10 Å². The largest absolute Gasteiger partial charge is 0.466 e. The third kappa shape index (κ3) is 4.58.